The molecule has 0 heterocycles. The Bertz CT molecular complexity index is 1410. The number of ether oxygens (including phenoxy) is 2. The molecule has 3 aromatic carbocycles. The largest absolute Gasteiger partial charge is 0.497 e. The quantitative estimate of drug-likeness (QED) is 0.333. The Hall–Kier alpha value is -4.05. The molecule has 3 aromatic rings. The first-order valence-electron chi connectivity index (χ1n) is 13.0. The van der Waals surface area contributed by atoms with Crippen LogP contribution in [-0.4, -0.2) is 58.5 Å². The minimum atomic E-state index is -4.19. The molecule has 0 saturated carbocycles. The van der Waals surface area contributed by atoms with Crippen molar-refractivity contribution in [3.05, 3.63) is 83.9 Å². The number of benzene rings is 3. The number of hydrogen-bond acceptors (Lipinski definition) is 6. The fraction of sp³-hybridized carbons (Fsp3) is 0.333. The van der Waals surface area contributed by atoms with Crippen molar-refractivity contribution in [3.8, 4) is 11.5 Å². The van der Waals surface area contributed by atoms with Gasteiger partial charge in [0.2, 0.25) is 11.8 Å². The molecule has 1 atom stereocenters. The summed E-state index contributed by atoms with van der Waals surface area (Å²) in [4.78, 5) is 28.4. The summed E-state index contributed by atoms with van der Waals surface area (Å²) in [6.07, 6.45) is 0.735. The van der Waals surface area contributed by atoms with Gasteiger partial charge in [-0.05, 0) is 62.2 Å². The zero-order valence-corrected chi connectivity index (χ0v) is 24.4. The van der Waals surface area contributed by atoms with Gasteiger partial charge < -0.3 is 19.7 Å². The van der Waals surface area contributed by atoms with Crippen LogP contribution in [0.1, 0.15) is 31.4 Å². The van der Waals surface area contributed by atoms with Gasteiger partial charge in [-0.2, -0.15) is 0 Å². The zero-order chi connectivity index (χ0) is 29.3. The number of nitrogens with one attached hydrogen (secondary N) is 1. The predicted octanol–water partition coefficient (Wildman–Crippen LogP) is 4.15. The third kappa shape index (κ3) is 7.32. The number of rotatable bonds is 13. The monoisotopic (exact) mass is 567 g/mol. The van der Waals surface area contributed by atoms with Gasteiger partial charge in [0.25, 0.3) is 10.0 Å². The molecule has 0 spiro atoms. The number of nitrogens with zero attached hydrogens (tertiary/aromatic N) is 2. The van der Waals surface area contributed by atoms with E-state index in [-0.39, 0.29) is 23.0 Å². The smallest absolute Gasteiger partial charge is 0.264 e. The summed E-state index contributed by atoms with van der Waals surface area (Å²) < 4.78 is 39.7. The molecule has 0 bridgehead atoms. The molecule has 0 aliphatic rings. The molecule has 0 aliphatic carbocycles. The number of carbonyl (C=O) groups is 2. The van der Waals surface area contributed by atoms with E-state index >= 15 is 0 Å². The molecule has 9 nitrogen and oxygen atoms in total. The van der Waals surface area contributed by atoms with Gasteiger partial charge in [0.1, 0.15) is 24.1 Å². The van der Waals surface area contributed by atoms with E-state index in [0.29, 0.717) is 18.0 Å². The normalized spacial score (nSPS) is 11.8. The topological polar surface area (TPSA) is 105 Å². The maximum Gasteiger partial charge on any atom is 0.264 e. The molecule has 0 saturated heterocycles. The summed E-state index contributed by atoms with van der Waals surface area (Å²) in [5.74, 6) is 0.0107. The van der Waals surface area contributed by atoms with E-state index in [1.165, 1.54) is 24.1 Å². The van der Waals surface area contributed by atoms with Gasteiger partial charge in [0.15, 0.2) is 0 Å². The number of anilines is 1. The van der Waals surface area contributed by atoms with Crippen molar-refractivity contribution in [2.24, 2.45) is 0 Å². The summed E-state index contributed by atoms with van der Waals surface area (Å²) in [5, 5.41) is 2.83. The van der Waals surface area contributed by atoms with Gasteiger partial charge in [-0.25, -0.2) is 8.42 Å². The average molecular weight is 568 g/mol. The number of amides is 2. The van der Waals surface area contributed by atoms with Gasteiger partial charge in [-0.15, -0.1) is 0 Å². The van der Waals surface area contributed by atoms with E-state index in [9.17, 15) is 18.0 Å². The lowest BCUT2D eigenvalue weighted by atomic mass is 10.1. The summed E-state index contributed by atoms with van der Waals surface area (Å²) in [7, 11) is -1.21. The Morgan fingerprint density at radius 3 is 2.30 bits per heavy atom. The SMILES string of the molecule is CCCNC(=O)[C@@H](C)N(Cc1cccc(OC)c1)C(=O)CN(c1ccccc1OC)S(=O)(=O)c1ccc(C)cc1. The van der Waals surface area contributed by atoms with E-state index in [0.717, 1.165) is 21.9 Å². The van der Waals surface area contributed by atoms with Crippen molar-refractivity contribution in [1.29, 1.82) is 0 Å². The standard InChI is InChI=1S/C30H37N3O6S/c1-6-18-31-30(35)23(3)32(20-24-10-9-11-25(19-24)38-4)29(34)21-33(27-12-7-8-13-28(27)39-5)40(36,37)26-16-14-22(2)15-17-26/h7-17,19,23H,6,18,20-21H2,1-5H3,(H,31,35)/t23-/m1/s1. The van der Waals surface area contributed by atoms with Crippen molar-refractivity contribution in [3.63, 3.8) is 0 Å². The molecule has 0 unspecified atom stereocenters. The van der Waals surface area contributed by atoms with Crippen LogP contribution in [-0.2, 0) is 26.2 Å². The fourth-order valence-corrected chi connectivity index (χ4v) is 5.56. The Morgan fingerprint density at radius 2 is 1.65 bits per heavy atom. The van der Waals surface area contributed by atoms with E-state index in [1.807, 2.05) is 19.9 Å². The highest BCUT2D eigenvalue weighted by atomic mass is 32.2. The molecule has 3 rings (SSSR count). The minimum Gasteiger partial charge on any atom is -0.497 e. The second-order valence-electron chi connectivity index (χ2n) is 9.34. The molecule has 0 radical (unpaired) electrons. The van der Waals surface area contributed by atoms with Gasteiger partial charge >= 0.3 is 0 Å². The first-order valence-corrected chi connectivity index (χ1v) is 14.5. The van der Waals surface area contributed by atoms with Crippen LogP contribution in [0, 0.1) is 6.92 Å². The lowest BCUT2D eigenvalue weighted by Crippen LogP contribution is -2.51. The number of para-hydroxylation sites is 2. The van der Waals surface area contributed by atoms with Crippen molar-refractivity contribution in [2.45, 2.75) is 44.7 Å². The van der Waals surface area contributed by atoms with Gasteiger partial charge in [0.05, 0.1) is 24.8 Å². The van der Waals surface area contributed by atoms with E-state index < -0.39 is 28.5 Å². The van der Waals surface area contributed by atoms with Gasteiger partial charge in [0, 0.05) is 13.1 Å². The average Bonchev–Trinajstić information content (AvgIpc) is 2.97. The molecule has 10 heteroatoms. The van der Waals surface area contributed by atoms with E-state index in [2.05, 4.69) is 5.32 Å². The lowest BCUT2D eigenvalue weighted by molar-refractivity contribution is -0.139. The van der Waals surface area contributed by atoms with Gasteiger partial charge in [-0.3, -0.25) is 13.9 Å². The molecule has 40 heavy (non-hydrogen) atoms. The Morgan fingerprint density at radius 1 is 0.950 bits per heavy atom. The first-order chi connectivity index (χ1) is 19.1. The van der Waals surface area contributed by atoms with Crippen molar-refractivity contribution in [1.82, 2.24) is 10.2 Å². The molecule has 0 aliphatic heterocycles. The molecular weight excluding hydrogens is 530 g/mol. The van der Waals surface area contributed by atoms with Crippen LogP contribution in [0.3, 0.4) is 0 Å². The van der Waals surface area contributed by atoms with E-state index in [1.54, 1.807) is 68.6 Å². The summed E-state index contributed by atoms with van der Waals surface area (Å²) in [5.41, 5.74) is 1.84. The molecule has 0 fully saturated rings. The Balaban J connectivity index is 2.06. The second kappa shape index (κ2) is 13.8. The fourth-order valence-electron chi connectivity index (χ4n) is 4.13. The number of aryl methyl sites for hydroxylation is 1. The lowest BCUT2D eigenvalue weighted by Gasteiger charge is -2.32. The number of carbonyl (C=O) groups excluding carboxylic acids is 2. The van der Waals surface area contributed by atoms with Crippen molar-refractivity contribution in [2.75, 3.05) is 31.6 Å². The van der Waals surface area contributed by atoms with E-state index in [4.69, 9.17) is 9.47 Å². The highest BCUT2D eigenvalue weighted by molar-refractivity contribution is 7.92. The molecule has 2 amide bonds. The molecule has 214 valence electrons. The summed E-state index contributed by atoms with van der Waals surface area (Å²) >= 11 is 0. The third-order valence-electron chi connectivity index (χ3n) is 6.45. The van der Waals surface area contributed by atoms with Crippen LogP contribution in [0.5, 0.6) is 11.5 Å². The third-order valence-corrected chi connectivity index (χ3v) is 8.22. The number of sulfonamides is 1. The zero-order valence-electron chi connectivity index (χ0n) is 23.6. The molecule has 1 N–H and O–H groups in total. The Labute approximate surface area is 236 Å². The maximum absolute atomic E-state index is 14.0. The van der Waals surface area contributed by atoms with Crippen LogP contribution in [0.15, 0.2) is 77.7 Å². The summed E-state index contributed by atoms with van der Waals surface area (Å²) in [6, 6.07) is 19.3. The van der Waals surface area contributed by atoms with Crippen LogP contribution in [0.2, 0.25) is 0 Å². The number of hydrogen-bond donors (Lipinski definition) is 1. The number of methoxy groups -OCH3 is 2. The van der Waals surface area contributed by atoms with Crippen LogP contribution in [0.4, 0.5) is 5.69 Å². The second-order valence-corrected chi connectivity index (χ2v) is 11.2. The Kier molecular flexibility index (Phi) is 10.6. The molecular formula is C30H37N3O6S. The first kappa shape index (κ1) is 30.5. The van der Waals surface area contributed by atoms with Crippen molar-refractivity contribution >= 4 is 27.5 Å². The highest BCUT2D eigenvalue weighted by Gasteiger charge is 2.33. The van der Waals surface area contributed by atoms with Crippen LogP contribution in [0.25, 0.3) is 0 Å². The van der Waals surface area contributed by atoms with Crippen molar-refractivity contribution < 1.29 is 27.5 Å². The summed E-state index contributed by atoms with van der Waals surface area (Å²) in [6.45, 7) is 5.40. The molecule has 0 aromatic heterocycles. The predicted molar refractivity (Wildman–Crippen MR) is 155 cm³/mol. The van der Waals surface area contributed by atoms with Gasteiger partial charge in [-0.1, -0.05) is 48.9 Å². The minimum absolute atomic E-state index is 0.0323. The van der Waals surface area contributed by atoms with Crippen LogP contribution < -0.4 is 19.1 Å². The highest BCUT2D eigenvalue weighted by Crippen LogP contribution is 2.32. The maximum atomic E-state index is 14.0. The van der Waals surface area contributed by atoms with Crippen LogP contribution >= 0.6 is 0 Å².